The Hall–Kier alpha value is -2.47. The van der Waals surface area contributed by atoms with Gasteiger partial charge in [-0.25, -0.2) is 8.78 Å². The third-order valence-corrected chi connectivity index (χ3v) is 2.77. The second-order valence-electron chi connectivity index (χ2n) is 4.25. The molecule has 0 saturated heterocycles. The van der Waals surface area contributed by atoms with E-state index in [9.17, 15) is 13.6 Å². The largest absolute Gasteiger partial charge is 0.323 e. The summed E-state index contributed by atoms with van der Waals surface area (Å²) >= 11 is 0. The van der Waals surface area contributed by atoms with Crippen LogP contribution in [0.1, 0.15) is 15.9 Å². The highest BCUT2D eigenvalue weighted by Gasteiger charge is 2.15. The number of hydrogen-bond acceptors (Lipinski definition) is 3. The van der Waals surface area contributed by atoms with E-state index in [-0.39, 0.29) is 11.3 Å². The number of hydrazine groups is 1. The first-order valence-corrected chi connectivity index (χ1v) is 5.85. The molecular formula is C14H13F2N3O. The van der Waals surface area contributed by atoms with Crippen LogP contribution in [0, 0.1) is 18.6 Å². The number of nitrogens with one attached hydrogen (secondary N) is 2. The van der Waals surface area contributed by atoms with E-state index in [1.165, 1.54) is 12.1 Å². The Morgan fingerprint density at radius 3 is 2.60 bits per heavy atom. The molecule has 4 nitrogen and oxygen atoms in total. The zero-order chi connectivity index (χ0) is 14.7. The average Bonchev–Trinajstić information content (AvgIpc) is 2.43. The van der Waals surface area contributed by atoms with E-state index >= 15 is 0 Å². The molecule has 0 bridgehead atoms. The minimum atomic E-state index is -1.10. The summed E-state index contributed by atoms with van der Waals surface area (Å²) in [7, 11) is 0. The quantitative estimate of drug-likeness (QED) is 0.597. The van der Waals surface area contributed by atoms with E-state index in [1.54, 1.807) is 25.1 Å². The number of carbonyl (C=O) groups is 1. The molecule has 0 spiro atoms. The zero-order valence-corrected chi connectivity index (χ0v) is 10.7. The predicted molar refractivity (Wildman–Crippen MR) is 73.3 cm³/mol. The summed E-state index contributed by atoms with van der Waals surface area (Å²) in [5.41, 5.74) is 3.65. The number of benzene rings is 2. The summed E-state index contributed by atoms with van der Waals surface area (Å²) in [5.74, 6) is 2.62. The Balaban J connectivity index is 2.33. The highest BCUT2D eigenvalue weighted by Crippen LogP contribution is 2.21. The fourth-order valence-corrected chi connectivity index (χ4v) is 1.76. The molecule has 20 heavy (non-hydrogen) atoms. The Kier molecular flexibility index (Phi) is 3.95. The van der Waals surface area contributed by atoms with Crippen molar-refractivity contribution in [2.45, 2.75) is 6.92 Å². The number of rotatable bonds is 3. The van der Waals surface area contributed by atoms with Crippen LogP contribution >= 0.6 is 0 Å². The minimum absolute atomic E-state index is 0.223. The lowest BCUT2D eigenvalue weighted by Crippen LogP contribution is -2.18. The van der Waals surface area contributed by atoms with Gasteiger partial charge in [-0.3, -0.25) is 10.6 Å². The van der Waals surface area contributed by atoms with Crippen LogP contribution in [-0.4, -0.2) is 5.91 Å². The smallest absolute Gasteiger partial charge is 0.257 e. The van der Waals surface area contributed by atoms with E-state index in [1.807, 2.05) is 0 Å². The maximum Gasteiger partial charge on any atom is 0.257 e. The fourth-order valence-electron chi connectivity index (χ4n) is 1.76. The predicted octanol–water partition coefficient (Wildman–Crippen LogP) is 2.81. The molecular weight excluding hydrogens is 264 g/mol. The van der Waals surface area contributed by atoms with E-state index in [2.05, 4.69) is 10.7 Å². The van der Waals surface area contributed by atoms with E-state index < -0.39 is 17.5 Å². The maximum absolute atomic E-state index is 13.5. The van der Waals surface area contributed by atoms with Crippen molar-refractivity contribution in [3.8, 4) is 0 Å². The van der Waals surface area contributed by atoms with Crippen molar-refractivity contribution in [2.24, 2.45) is 5.84 Å². The van der Waals surface area contributed by atoms with Crippen molar-refractivity contribution >= 4 is 17.3 Å². The molecule has 0 heterocycles. The first kappa shape index (κ1) is 14.0. The van der Waals surface area contributed by atoms with Crippen molar-refractivity contribution in [1.82, 2.24) is 0 Å². The van der Waals surface area contributed by atoms with Gasteiger partial charge in [0.15, 0.2) is 11.6 Å². The SMILES string of the molecule is Cc1ccc(NN)c(C(=O)Nc2cccc(F)c2F)c1. The van der Waals surface area contributed by atoms with Gasteiger partial charge in [-0.2, -0.15) is 0 Å². The van der Waals surface area contributed by atoms with Gasteiger partial charge in [0.25, 0.3) is 5.91 Å². The molecule has 0 radical (unpaired) electrons. The molecule has 0 aliphatic rings. The first-order chi connectivity index (χ1) is 9.52. The number of carbonyl (C=O) groups excluding carboxylic acids is 1. The van der Waals surface area contributed by atoms with Gasteiger partial charge in [0.2, 0.25) is 0 Å². The molecule has 0 aliphatic carbocycles. The minimum Gasteiger partial charge on any atom is -0.323 e. The molecule has 1 amide bonds. The summed E-state index contributed by atoms with van der Waals surface area (Å²) in [6, 6.07) is 8.57. The van der Waals surface area contributed by atoms with Gasteiger partial charge >= 0.3 is 0 Å². The van der Waals surface area contributed by atoms with Gasteiger partial charge in [0.05, 0.1) is 16.9 Å². The van der Waals surface area contributed by atoms with Crippen LogP contribution in [0.15, 0.2) is 36.4 Å². The van der Waals surface area contributed by atoms with Gasteiger partial charge in [0, 0.05) is 0 Å². The third-order valence-electron chi connectivity index (χ3n) is 2.77. The summed E-state index contributed by atoms with van der Waals surface area (Å²) in [6.07, 6.45) is 0. The molecule has 104 valence electrons. The van der Waals surface area contributed by atoms with E-state index in [4.69, 9.17) is 5.84 Å². The summed E-state index contributed by atoms with van der Waals surface area (Å²) in [4.78, 5) is 12.1. The van der Waals surface area contributed by atoms with E-state index in [0.717, 1.165) is 11.6 Å². The topological polar surface area (TPSA) is 67.1 Å². The molecule has 4 N–H and O–H groups in total. The number of halogens is 2. The molecule has 0 unspecified atom stereocenters. The molecule has 0 fully saturated rings. The lowest BCUT2D eigenvalue weighted by Gasteiger charge is -2.11. The Bertz CT molecular complexity index is 659. The second kappa shape index (κ2) is 5.66. The Labute approximate surface area is 114 Å². The first-order valence-electron chi connectivity index (χ1n) is 5.85. The number of amides is 1. The van der Waals surface area contributed by atoms with Crippen molar-refractivity contribution in [1.29, 1.82) is 0 Å². The zero-order valence-electron chi connectivity index (χ0n) is 10.7. The van der Waals surface area contributed by atoms with Crippen LogP contribution in [0.5, 0.6) is 0 Å². The summed E-state index contributed by atoms with van der Waals surface area (Å²) in [5, 5.41) is 2.32. The normalized spacial score (nSPS) is 10.2. The summed E-state index contributed by atoms with van der Waals surface area (Å²) < 4.78 is 26.6. The number of hydrogen-bond donors (Lipinski definition) is 3. The lowest BCUT2D eigenvalue weighted by molar-refractivity contribution is 0.102. The molecule has 0 aromatic heterocycles. The Morgan fingerprint density at radius 2 is 1.90 bits per heavy atom. The third kappa shape index (κ3) is 2.75. The number of nitrogens with two attached hydrogens (primary N) is 1. The standard InChI is InChI=1S/C14H13F2N3O/c1-8-5-6-11(19-17)9(7-8)14(20)18-12-4-2-3-10(15)13(12)16/h2-7,19H,17H2,1H3,(H,18,20). The highest BCUT2D eigenvalue weighted by molar-refractivity contribution is 6.08. The van der Waals surface area contributed by atoms with Crippen LogP contribution in [0.25, 0.3) is 0 Å². The van der Waals surface area contributed by atoms with Crippen LogP contribution < -0.4 is 16.6 Å². The molecule has 6 heteroatoms. The Morgan fingerprint density at radius 1 is 1.15 bits per heavy atom. The molecule has 2 rings (SSSR count). The monoisotopic (exact) mass is 277 g/mol. The molecule has 0 atom stereocenters. The maximum atomic E-state index is 13.5. The van der Waals surface area contributed by atoms with Crippen LogP contribution in [0.2, 0.25) is 0 Å². The van der Waals surface area contributed by atoms with Gasteiger partial charge in [0.1, 0.15) is 0 Å². The molecule has 0 saturated carbocycles. The number of nitrogen functional groups attached to an aromatic ring is 1. The number of aryl methyl sites for hydroxylation is 1. The molecule has 0 aliphatic heterocycles. The lowest BCUT2D eigenvalue weighted by atomic mass is 10.1. The highest BCUT2D eigenvalue weighted by atomic mass is 19.2. The average molecular weight is 277 g/mol. The van der Waals surface area contributed by atoms with Gasteiger partial charge < -0.3 is 10.7 Å². The van der Waals surface area contributed by atoms with Gasteiger partial charge in [-0.1, -0.05) is 17.7 Å². The van der Waals surface area contributed by atoms with Crippen molar-refractivity contribution < 1.29 is 13.6 Å². The van der Waals surface area contributed by atoms with Crippen molar-refractivity contribution in [3.05, 3.63) is 59.2 Å². The van der Waals surface area contributed by atoms with Gasteiger partial charge in [-0.15, -0.1) is 0 Å². The van der Waals surface area contributed by atoms with Crippen LogP contribution in [0.4, 0.5) is 20.2 Å². The van der Waals surface area contributed by atoms with Crippen LogP contribution in [-0.2, 0) is 0 Å². The fraction of sp³-hybridized carbons (Fsp3) is 0.0714. The van der Waals surface area contributed by atoms with Gasteiger partial charge in [-0.05, 0) is 31.2 Å². The number of anilines is 2. The summed E-state index contributed by atoms with van der Waals surface area (Å²) in [6.45, 7) is 1.81. The molecule has 2 aromatic rings. The second-order valence-corrected chi connectivity index (χ2v) is 4.25. The van der Waals surface area contributed by atoms with Crippen LogP contribution in [0.3, 0.4) is 0 Å². The van der Waals surface area contributed by atoms with Crippen molar-refractivity contribution in [2.75, 3.05) is 10.7 Å². The molecule has 2 aromatic carbocycles. The van der Waals surface area contributed by atoms with Crippen molar-refractivity contribution in [3.63, 3.8) is 0 Å². The van der Waals surface area contributed by atoms with E-state index in [0.29, 0.717) is 5.69 Å².